The van der Waals surface area contributed by atoms with Gasteiger partial charge in [-0.1, -0.05) is 6.07 Å². The summed E-state index contributed by atoms with van der Waals surface area (Å²) in [7, 11) is 2.19. The minimum atomic E-state index is 0.610. The second kappa shape index (κ2) is 6.08. The van der Waals surface area contributed by atoms with Gasteiger partial charge in [-0.05, 0) is 38.1 Å². The van der Waals surface area contributed by atoms with Crippen molar-refractivity contribution in [2.24, 2.45) is 11.1 Å². The van der Waals surface area contributed by atoms with E-state index in [0.29, 0.717) is 6.04 Å². The first kappa shape index (κ1) is 11.6. The largest absolute Gasteiger partial charge is 0.299 e. The lowest BCUT2D eigenvalue weighted by atomic mass is 10.1. The fourth-order valence-corrected chi connectivity index (χ4v) is 1.90. The highest BCUT2D eigenvalue weighted by Crippen LogP contribution is 2.29. The van der Waals surface area contributed by atoms with E-state index in [2.05, 4.69) is 28.8 Å². The van der Waals surface area contributed by atoms with E-state index in [9.17, 15) is 0 Å². The van der Waals surface area contributed by atoms with E-state index in [1.807, 2.05) is 18.5 Å². The van der Waals surface area contributed by atoms with E-state index < -0.39 is 0 Å². The molecule has 1 saturated heterocycles. The molecule has 1 aromatic heterocycles. The van der Waals surface area contributed by atoms with Gasteiger partial charge in [-0.2, -0.15) is 0 Å². The van der Waals surface area contributed by atoms with Crippen molar-refractivity contribution < 1.29 is 0 Å². The monoisotopic (exact) mass is 208 g/mol. The van der Waals surface area contributed by atoms with Crippen LogP contribution >= 0.6 is 0 Å². The summed E-state index contributed by atoms with van der Waals surface area (Å²) in [4.78, 5) is 14.9. The van der Waals surface area contributed by atoms with E-state index in [1.54, 1.807) is 5.29 Å². The molecule has 1 aromatic rings. The van der Waals surface area contributed by atoms with Crippen LogP contribution in [0.3, 0.4) is 0 Å². The van der Waals surface area contributed by atoms with Gasteiger partial charge in [0.2, 0.25) is 0 Å². The zero-order valence-corrected chi connectivity index (χ0v) is 8.84. The zero-order valence-electron chi connectivity index (χ0n) is 8.84. The molecule has 0 saturated carbocycles. The summed E-state index contributed by atoms with van der Waals surface area (Å²) in [5.41, 5.74) is 1.36. The third kappa shape index (κ3) is 3.28. The van der Waals surface area contributed by atoms with Gasteiger partial charge in [-0.3, -0.25) is 15.7 Å². The van der Waals surface area contributed by atoms with Gasteiger partial charge in [0.25, 0.3) is 0 Å². The summed E-state index contributed by atoms with van der Waals surface area (Å²) in [6, 6.07) is 4.79. The van der Waals surface area contributed by atoms with Crippen LogP contribution in [0.5, 0.6) is 0 Å². The lowest BCUT2D eigenvalue weighted by Crippen LogP contribution is -2.17. The minimum absolute atomic E-state index is 0.610. The Labute approximate surface area is 89.2 Å². The topological polar surface area (TPSA) is 71.6 Å². The molecule has 1 aliphatic rings. The van der Waals surface area contributed by atoms with Gasteiger partial charge in [0.15, 0.2) is 0 Å². The van der Waals surface area contributed by atoms with Gasteiger partial charge in [-0.15, -0.1) is 4.91 Å². The lowest BCUT2D eigenvalue weighted by molar-refractivity contribution is 0.317. The molecule has 1 atom stereocenters. The summed E-state index contributed by atoms with van der Waals surface area (Å²) in [6.07, 6.45) is 6.41. The zero-order chi connectivity index (χ0) is 11.1. The first-order valence-electron chi connectivity index (χ1n) is 4.92. The van der Waals surface area contributed by atoms with Crippen LogP contribution in [-0.4, -0.2) is 23.5 Å². The van der Waals surface area contributed by atoms with Crippen molar-refractivity contribution in [1.29, 1.82) is 0 Å². The third-order valence-corrected chi connectivity index (χ3v) is 2.59. The second-order valence-electron chi connectivity index (χ2n) is 3.53. The molecule has 0 aliphatic carbocycles. The molecule has 5 nitrogen and oxygen atoms in total. The number of aromatic nitrogens is 1. The molecule has 82 valence electrons. The first-order chi connectivity index (χ1) is 7.29. The van der Waals surface area contributed by atoms with Crippen molar-refractivity contribution in [2.75, 3.05) is 13.6 Å². The maximum atomic E-state index is 8.33. The van der Waals surface area contributed by atoms with Crippen molar-refractivity contribution >= 4 is 0 Å². The molecule has 2 rings (SSSR count). The lowest BCUT2D eigenvalue weighted by Gasteiger charge is -2.18. The van der Waals surface area contributed by atoms with Gasteiger partial charge in [0, 0.05) is 23.7 Å². The predicted octanol–water partition coefficient (Wildman–Crippen LogP) is 1.47. The number of hydrogen-bond acceptors (Lipinski definition) is 4. The van der Waals surface area contributed by atoms with Crippen LogP contribution in [0.25, 0.3) is 0 Å². The molecule has 0 spiro atoms. The molecule has 2 heterocycles. The van der Waals surface area contributed by atoms with Crippen molar-refractivity contribution in [2.45, 2.75) is 18.9 Å². The molecule has 0 radical (unpaired) electrons. The van der Waals surface area contributed by atoms with Crippen LogP contribution in [0.4, 0.5) is 0 Å². The predicted molar refractivity (Wildman–Crippen MR) is 58.8 cm³/mol. The van der Waals surface area contributed by atoms with Gasteiger partial charge in [0.1, 0.15) is 0 Å². The summed E-state index contributed by atoms with van der Waals surface area (Å²) in [5, 5.41) is 1.75. The highest BCUT2D eigenvalue weighted by atomic mass is 16.3. The highest BCUT2D eigenvalue weighted by molar-refractivity contribution is 5.14. The molecule has 15 heavy (non-hydrogen) atoms. The SMILES string of the molecule is CN1CCCC1c1cccnc1.NN=O. The van der Waals surface area contributed by atoms with E-state index in [1.165, 1.54) is 24.9 Å². The fraction of sp³-hybridized carbons (Fsp3) is 0.500. The van der Waals surface area contributed by atoms with Crippen molar-refractivity contribution in [3.63, 3.8) is 0 Å². The normalized spacial score (nSPS) is 20.5. The highest BCUT2D eigenvalue weighted by Gasteiger charge is 2.21. The Morgan fingerprint density at radius 2 is 2.40 bits per heavy atom. The van der Waals surface area contributed by atoms with Crippen LogP contribution in [0.1, 0.15) is 24.4 Å². The molecule has 0 amide bonds. The smallest absolute Gasteiger partial charge is 0.0468 e. The molecular formula is C10H16N4O. The van der Waals surface area contributed by atoms with E-state index in [0.717, 1.165) is 0 Å². The Kier molecular flexibility index (Phi) is 4.70. The molecule has 1 fully saturated rings. The van der Waals surface area contributed by atoms with E-state index in [4.69, 9.17) is 4.91 Å². The molecular weight excluding hydrogens is 192 g/mol. The first-order valence-corrected chi connectivity index (χ1v) is 4.92. The number of likely N-dealkylation sites (tertiary alicyclic amines) is 1. The average molecular weight is 208 g/mol. The average Bonchev–Trinajstić information content (AvgIpc) is 2.67. The molecule has 1 unspecified atom stereocenters. The quantitative estimate of drug-likeness (QED) is 0.431. The Hall–Kier alpha value is -1.49. The maximum Gasteiger partial charge on any atom is 0.0468 e. The third-order valence-electron chi connectivity index (χ3n) is 2.59. The number of hydrogen-bond donors (Lipinski definition) is 1. The summed E-state index contributed by atoms with van der Waals surface area (Å²) in [5.74, 6) is 3.92. The number of nitrogens with two attached hydrogens (primary N) is 1. The van der Waals surface area contributed by atoms with Crippen LogP contribution in [0.15, 0.2) is 29.8 Å². The van der Waals surface area contributed by atoms with Crippen LogP contribution < -0.4 is 5.84 Å². The minimum Gasteiger partial charge on any atom is -0.299 e. The number of nitroso groups, excluding NO2 is 1. The van der Waals surface area contributed by atoms with Crippen molar-refractivity contribution in [1.82, 2.24) is 9.88 Å². The summed E-state index contributed by atoms with van der Waals surface area (Å²) in [6.45, 7) is 1.22. The number of pyridine rings is 1. The number of rotatable bonds is 1. The summed E-state index contributed by atoms with van der Waals surface area (Å²) >= 11 is 0. The molecule has 0 aromatic carbocycles. The van der Waals surface area contributed by atoms with Gasteiger partial charge < -0.3 is 0 Å². The van der Waals surface area contributed by atoms with Crippen LogP contribution in [0, 0.1) is 4.91 Å². The number of nitrogens with zero attached hydrogens (tertiary/aromatic N) is 3. The van der Waals surface area contributed by atoms with Gasteiger partial charge in [-0.25, -0.2) is 0 Å². The Bertz CT molecular complexity index is 291. The van der Waals surface area contributed by atoms with Crippen molar-refractivity contribution in [3.8, 4) is 0 Å². The molecule has 2 N–H and O–H groups in total. The molecule has 1 aliphatic heterocycles. The van der Waals surface area contributed by atoms with Gasteiger partial charge in [0.05, 0.1) is 0 Å². The van der Waals surface area contributed by atoms with Gasteiger partial charge >= 0.3 is 0 Å². The second-order valence-corrected chi connectivity index (χ2v) is 3.53. The fourth-order valence-electron chi connectivity index (χ4n) is 1.90. The maximum absolute atomic E-state index is 8.33. The molecule has 5 heteroatoms. The van der Waals surface area contributed by atoms with Crippen molar-refractivity contribution in [3.05, 3.63) is 35.0 Å². The van der Waals surface area contributed by atoms with E-state index in [-0.39, 0.29) is 0 Å². The van der Waals surface area contributed by atoms with E-state index >= 15 is 0 Å². The summed E-state index contributed by atoms with van der Waals surface area (Å²) < 4.78 is 0. The standard InChI is InChI=1S/C10H14N2.H2N2O/c1-12-7-3-5-10(12)9-4-2-6-11-8-9;1-2-3/h2,4,6,8,10H,3,5,7H2,1H3;(H2,1,3). The van der Waals surface area contributed by atoms with Crippen LogP contribution in [0.2, 0.25) is 0 Å². The Morgan fingerprint density at radius 1 is 1.67 bits per heavy atom. The molecule has 0 bridgehead atoms. The Morgan fingerprint density at radius 3 is 2.87 bits per heavy atom. The van der Waals surface area contributed by atoms with Crippen LogP contribution in [-0.2, 0) is 0 Å². The Balaban J connectivity index is 0.000000337.